The second-order valence-corrected chi connectivity index (χ2v) is 9.06. The van der Waals surface area contributed by atoms with E-state index in [1.807, 2.05) is 38.1 Å². The molecule has 0 bridgehead atoms. The number of guanidine groups is 1. The first-order valence-electron chi connectivity index (χ1n) is 9.96. The quantitative estimate of drug-likeness (QED) is 0.248. The SMILES string of the molecule is CN=C(NCCN(C)CCCOC)NCc1ccccc1CS(=O)(=O)NC(C)C. The molecule has 9 heteroatoms. The largest absolute Gasteiger partial charge is 0.385 e. The average Bonchev–Trinajstić information content (AvgIpc) is 2.64. The Bertz CT molecular complexity index is 723. The Hall–Kier alpha value is -1.68. The maximum Gasteiger partial charge on any atom is 0.216 e. The summed E-state index contributed by atoms with van der Waals surface area (Å²) in [5.41, 5.74) is 1.71. The highest BCUT2D eigenvalue weighted by molar-refractivity contribution is 7.88. The molecule has 0 saturated heterocycles. The maximum absolute atomic E-state index is 12.3. The van der Waals surface area contributed by atoms with Crippen LogP contribution in [0.2, 0.25) is 0 Å². The summed E-state index contributed by atoms with van der Waals surface area (Å²) in [7, 11) is 2.14. The van der Waals surface area contributed by atoms with Gasteiger partial charge < -0.3 is 20.3 Å². The van der Waals surface area contributed by atoms with Gasteiger partial charge in [0.05, 0.1) is 5.75 Å². The summed E-state index contributed by atoms with van der Waals surface area (Å²) in [4.78, 5) is 6.48. The molecule has 0 unspecified atom stereocenters. The number of nitrogens with zero attached hydrogens (tertiary/aromatic N) is 2. The van der Waals surface area contributed by atoms with Crippen molar-refractivity contribution in [3.8, 4) is 0 Å². The van der Waals surface area contributed by atoms with E-state index in [1.165, 1.54) is 0 Å². The molecule has 0 aliphatic carbocycles. The Morgan fingerprint density at radius 2 is 1.86 bits per heavy atom. The Morgan fingerprint density at radius 1 is 1.17 bits per heavy atom. The molecule has 0 spiro atoms. The standard InChI is InChI=1S/C20H37N5O3S/c1-17(2)24-29(26,27)16-19-10-7-6-9-18(19)15-23-20(21-3)22-11-13-25(4)12-8-14-28-5/h6-7,9-10,17,24H,8,11-16H2,1-5H3,(H2,21,22,23). The molecule has 0 aromatic heterocycles. The van der Waals surface area contributed by atoms with E-state index in [-0.39, 0.29) is 11.8 Å². The molecule has 0 heterocycles. The van der Waals surface area contributed by atoms with Crippen LogP contribution in [0, 0.1) is 0 Å². The molecule has 8 nitrogen and oxygen atoms in total. The van der Waals surface area contributed by atoms with Gasteiger partial charge >= 0.3 is 0 Å². The monoisotopic (exact) mass is 427 g/mol. The minimum Gasteiger partial charge on any atom is -0.385 e. The van der Waals surface area contributed by atoms with Crippen LogP contribution in [0.15, 0.2) is 29.3 Å². The first-order chi connectivity index (χ1) is 13.8. The molecule has 0 atom stereocenters. The number of aliphatic imine (C=N–C) groups is 1. The van der Waals surface area contributed by atoms with Crippen molar-refractivity contribution in [1.82, 2.24) is 20.3 Å². The fourth-order valence-corrected chi connectivity index (χ4v) is 4.32. The van der Waals surface area contributed by atoms with Crippen LogP contribution < -0.4 is 15.4 Å². The number of likely N-dealkylation sites (N-methyl/N-ethyl adjacent to an activating group) is 1. The average molecular weight is 428 g/mol. The molecule has 0 fully saturated rings. The third kappa shape index (κ3) is 11.2. The van der Waals surface area contributed by atoms with Gasteiger partial charge in [-0.1, -0.05) is 24.3 Å². The van der Waals surface area contributed by atoms with E-state index in [0.29, 0.717) is 12.5 Å². The van der Waals surface area contributed by atoms with Crippen LogP contribution in [-0.2, 0) is 27.1 Å². The number of sulfonamides is 1. The zero-order chi connectivity index (χ0) is 21.7. The molecule has 0 aliphatic heterocycles. The molecule has 0 amide bonds. The molecule has 29 heavy (non-hydrogen) atoms. The molecule has 166 valence electrons. The molecule has 0 aliphatic rings. The minimum absolute atomic E-state index is 0.0403. The second kappa shape index (κ2) is 13.5. The summed E-state index contributed by atoms with van der Waals surface area (Å²) in [5, 5.41) is 6.55. The summed E-state index contributed by atoms with van der Waals surface area (Å²) in [6.45, 7) is 7.52. The van der Waals surface area contributed by atoms with Crippen molar-refractivity contribution in [3.63, 3.8) is 0 Å². The van der Waals surface area contributed by atoms with E-state index in [2.05, 4.69) is 32.3 Å². The van der Waals surface area contributed by atoms with Crippen LogP contribution in [0.5, 0.6) is 0 Å². The number of nitrogens with one attached hydrogen (secondary N) is 3. The van der Waals surface area contributed by atoms with Crippen molar-refractivity contribution >= 4 is 16.0 Å². The van der Waals surface area contributed by atoms with Crippen molar-refractivity contribution in [1.29, 1.82) is 0 Å². The number of methoxy groups -OCH3 is 1. The van der Waals surface area contributed by atoms with Crippen LogP contribution in [0.1, 0.15) is 31.4 Å². The Morgan fingerprint density at radius 3 is 2.48 bits per heavy atom. The van der Waals surface area contributed by atoms with Gasteiger partial charge in [0, 0.05) is 53.0 Å². The van der Waals surface area contributed by atoms with E-state index in [4.69, 9.17) is 4.74 Å². The van der Waals surface area contributed by atoms with Crippen LogP contribution in [0.25, 0.3) is 0 Å². The van der Waals surface area contributed by atoms with Gasteiger partial charge in [0.1, 0.15) is 0 Å². The van der Waals surface area contributed by atoms with Gasteiger partial charge in [-0.15, -0.1) is 0 Å². The topological polar surface area (TPSA) is 95.1 Å². The number of ether oxygens (including phenoxy) is 1. The first kappa shape index (κ1) is 25.4. The normalized spacial score (nSPS) is 12.6. The summed E-state index contributed by atoms with van der Waals surface area (Å²) in [6, 6.07) is 7.43. The van der Waals surface area contributed by atoms with Crippen LogP contribution in [-0.4, -0.2) is 72.8 Å². The highest BCUT2D eigenvalue weighted by Crippen LogP contribution is 2.12. The fraction of sp³-hybridized carbons (Fsp3) is 0.650. The Balaban J connectivity index is 2.54. The number of hydrogen-bond donors (Lipinski definition) is 3. The van der Waals surface area contributed by atoms with E-state index in [9.17, 15) is 8.42 Å². The lowest BCUT2D eigenvalue weighted by atomic mass is 10.1. The van der Waals surface area contributed by atoms with Gasteiger partial charge in [-0.2, -0.15) is 0 Å². The molecule has 1 aromatic carbocycles. The van der Waals surface area contributed by atoms with E-state index < -0.39 is 10.0 Å². The smallest absolute Gasteiger partial charge is 0.216 e. The Labute approximate surface area is 176 Å². The van der Waals surface area contributed by atoms with Crippen molar-refractivity contribution in [2.75, 3.05) is 47.4 Å². The third-order valence-electron chi connectivity index (χ3n) is 4.22. The summed E-state index contributed by atoms with van der Waals surface area (Å²) >= 11 is 0. The predicted octanol–water partition coefficient (Wildman–Crippen LogP) is 1.15. The van der Waals surface area contributed by atoms with Gasteiger partial charge in [0.15, 0.2) is 5.96 Å². The van der Waals surface area contributed by atoms with Crippen molar-refractivity contribution in [2.24, 2.45) is 4.99 Å². The number of benzene rings is 1. The van der Waals surface area contributed by atoms with Crippen molar-refractivity contribution in [3.05, 3.63) is 35.4 Å². The lowest BCUT2D eigenvalue weighted by Crippen LogP contribution is -2.41. The lowest BCUT2D eigenvalue weighted by molar-refractivity contribution is 0.180. The lowest BCUT2D eigenvalue weighted by Gasteiger charge is -2.18. The van der Waals surface area contributed by atoms with Crippen LogP contribution >= 0.6 is 0 Å². The fourth-order valence-electron chi connectivity index (χ4n) is 2.83. The molecule has 0 saturated carbocycles. The Kier molecular flexibility index (Phi) is 11.8. The predicted molar refractivity (Wildman–Crippen MR) is 120 cm³/mol. The van der Waals surface area contributed by atoms with Gasteiger partial charge in [0.2, 0.25) is 10.0 Å². The highest BCUT2D eigenvalue weighted by Gasteiger charge is 2.15. The third-order valence-corrected chi connectivity index (χ3v) is 5.74. The second-order valence-electron chi connectivity index (χ2n) is 7.30. The molecule has 3 N–H and O–H groups in total. The summed E-state index contributed by atoms with van der Waals surface area (Å²) in [5.74, 6) is 0.648. The summed E-state index contributed by atoms with van der Waals surface area (Å²) in [6.07, 6.45) is 1.01. The van der Waals surface area contributed by atoms with Crippen LogP contribution in [0.4, 0.5) is 0 Å². The first-order valence-corrected chi connectivity index (χ1v) is 11.6. The van der Waals surface area contributed by atoms with E-state index in [0.717, 1.165) is 43.8 Å². The number of hydrogen-bond acceptors (Lipinski definition) is 5. The molecular formula is C20H37N5O3S. The van der Waals surface area contributed by atoms with Gasteiger partial charge in [-0.05, 0) is 38.4 Å². The summed E-state index contributed by atoms with van der Waals surface area (Å²) < 4.78 is 32.3. The van der Waals surface area contributed by atoms with Crippen molar-refractivity contribution in [2.45, 2.75) is 38.6 Å². The van der Waals surface area contributed by atoms with E-state index in [1.54, 1.807) is 14.2 Å². The zero-order valence-corrected chi connectivity index (χ0v) is 19.2. The van der Waals surface area contributed by atoms with Gasteiger partial charge in [-0.25, -0.2) is 13.1 Å². The van der Waals surface area contributed by atoms with Crippen molar-refractivity contribution < 1.29 is 13.2 Å². The maximum atomic E-state index is 12.3. The van der Waals surface area contributed by atoms with Gasteiger partial charge in [-0.3, -0.25) is 4.99 Å². The number of rotatable bonds is 13. The molecule has 1 aromatic rings. The molecule has 1 rings (SSSR count). The van der Waals surface area contributed by atoms with Gasteiger partial charge in [0.25, 0.3) is 0 Å². The highest BCUT2D eigenvalue weighted by atomic mass is 32.2. The molecule has 0 radical (unpaired) electrons. The molecular weight excluding hydrogens is 390 g/mol. The van der Waals surface area contributed by atoms with Crippen LogP contribution in [0.3, 0.4) is 0 Å². The van der Waals surface area contributed by atoms with E-state index >= 15 is 0 Å². The zero-order valence-electron chi connectivity index (χ0n) is 18.4. The minimum atomic E-state index is -3.37.